The number of amides is 1. The van der Waals surface area contributed by atoms with Gasteiger partial charge in [-0.1, -0.05) is 0 Å². The molecule has 0 saturated carbocycles. The van der Waals surface area contributed by atoms with Crippen molar-refractivity contribution < 1.29 is 9.53 Å². The minimum atomic E-state index is 0.130. The van der Waals surface area contributed by atoms with Gasteiger partial charge >= 0.3 is 0 Å². The number of ether oxygens (including phenoxy) is 1. The van der Waals surface area contributed by atoms with Gasteiger partial charge in [0.25, 0.3) is 0 Å². The third-order valence-electron chi connectivity index (χ3n) is 5.47. The molecule has 8 nitrogen and oxygen atoms in total. The van der Waals surface area contributed by atoms with Crippen LogP contribution in [0.5, 0.6) is 5.88 Å². The quantitative estimate of drug-likeness (QED) is 0.830. The molecule has 2 fully saturated rings. The molecule has 8 heteroatoms. The Labute approximate surface area is 155 Å². The standard InChI is InChI=1S/C18H30N6O2/c1-22(2)9-10-24-13-18(7-5-16(24)25)6-4-8-23(12-18)14-11-15(26-3)21-17(19)20-14/h11H,4-10,12-13H2,1-3H3,(H2,19,20,21). The van der Waals surface area contributed by atoms with Crippen LogP contribution in [0.25, 0.3) is 0 Å². The first-order valence-corrected chi connectivity index (χ1v) is 9.27. The van der Waals surface area contributed by atoms with Crippen LogP contribution in [0.15, 0.2) is 6.07 Å². The van der Waals surface area contributed by atoms with Crippen molar-refractivity contribution in [3.63, 3.8) is 0 Å². The summed E-state index contributed by atoms with van der Waals surface area (Å²) in [7, 11) is 5.66. The minimum absolute atomic E-state index is 0.130. The molecule has 2 aliphatic rings. The number of piperidine rings is 2. The number of likely N-dealkylation sites (tertiary alicyclic amines) is 1. The molecule has 1 atom stereocenters. The van der Waals surface area contributed by atoms with Crippen LogP contribution in [-0.4, -0.2) is 79.6 Å². The van der Waals surface area contributed by atoms with Crippen LogP contribution in [0.1, 0.15) is 25.7 Å². The van der Waals surface area contributed by atoms with Crippen LogP contribution in [0.3, 0.4) is 0 Å². The summed E-state index contributed by atoms with van der Waals surface area (Å²) in [5.74, 6) is 1.80. The Kier molecular flexibility index (Phi) is 5.50. The highest BCUT2D eigenvalue weighted by Crippen LogP contribution is 2.40. The third kappa shape index (κ3) is 4.17. The van der Waals surface area contributed by atoms with Gasteiger partial charge in [-0.3, -0.25) is 4.79 Å². The number of carbonyl (C=O) groups excluding carboxylic acids is 1. The maximum Gasteiger partial charge on any atom is 0.225 e. The van der Waals surface area contributed by atoms with Crippen molar-refractivity contribution in [3.05, 3.63) is 6.07 Å². The van der Waals surface area contributed by atoms with E-state index in [0.29, 0.717) is 12.3 Å². The van der Waals surface area contributed by atoms with Gasteiger partial charge < -0.3 is 25.2 Å². The molecule has 1 unspecified atom stereocenters. The van der Waals surface area contributed by atoms with E-state index in [1.165, 1.54) is 0 Å². The fraction of sp³-hybridized carbons (Fsp3) is 0.722. The van der Waals surface area contributed by atoms with Crippen molar-refractivity contribution >= 4 is 17.7 Å². The Morgan fingerprint density at radius 3 is 2.85 bits per heavy atom. The number of anilines is 2. The summed E-state index contributed by atoms with van der Waals surface area (Å²) in [5.41, 5.74) is 5.96. The lowest BCUT2D eigenvalue weighted by atomic mass is 9.73. The van der Waals surface area contributed by atoms with Gasteiger partial charge in [-0.25, -0.2) is 0 Å². The lowest BCUT2D eigenvalue weighted by Crippen LogP contribution is -2.55. The number of carbonyl (C=O) groups is 1. The van der Waals surface area contributed by atoms with Crippen molar-refractivity contribution in [3.8, 4) is 5.88 Å². The normalized spacial score (nSPS) is 23.8. The number of methoxy groups -OCH3 is 1. The number of aromatic nitrogens is 2. The van der Waals surface area contributed by atoms with E-state index in [-0.39, 0.29) is 17.3 Å². The van der Waals surface area contributed by atoms with Crippen LogP contribution < -0.4 is 15.4 Å². The van der Waals surface area contributed by atoms with Gasteiger partial charge in [0, 0.05) is 50.6 Å². The second-order valence-electron chi connectivity index (χ2n) is 7.77. The molecular weight excluding hydrogens is 332 g/mol. The molecule has 0 radical (unpaired) electrons. The summed E-state index contributed by atoms with van der Waals surface area (Å²) in [6.45, 7) is 4.34. The zero-order valence-electron chi connectivity index (χ0n) is 16.1. The van der Waals surface area contributed by atoms with Gasteiger partial charge in [-0.15, -0.1) is 0 Å². The maximum absolute atomic E-state index is 12.4. The molecule has 1 aromatic rings. The number of nitrogens with two attached hydrogens (primary N) is 1. The molecule has 0 bridgehead atoms. The van der Waals surface area contributed by atoms with E-state index in [1.807, 2.05) is 25.1 Å². The first-order chi connectivity index (χ1) is 12.4. The summed E-state index contributed by atoms with van der Waals surface area (Å²) < 4.78 is 5.23. The van der Waals surface area contributed by atoms with Crippen molar-refractivity contribution in [2.24, 2.45) is 5.41 Å². The fourth-order valence-electron chi connectivity index (χ4n) is 4.06. The van der Waals surface area contributed by atoms with Crippen LogP contribution >= 0.6 is 0 Å². The smallest absolute Gasteiger partial charge is 0.225 e. The Morgan fingerprint density at radius 1 is 1.31 bits per heavy atom. The number of nitrogens with zero attached hydrogens (tertiary/aromatic N) is 5. The van der Waals surface area contributed by atoms with E-state index in [0.717, 1.165) is 57.8 Å². The van der Waals surface area contributed by atoms with Crippen molar-refractivity contribution in [1.82, 2.24) is 19.8 Å². The Balaban J connectivity index is 1.74. The van der Waals surface area contributed by atoms with E-state index >= 15 is 0 Å². The monoisotopic (exact) mass is 362 g/mol. The number of nitrogen functional groups attached to an aromatic ring is 1. The average molecular weight is 362 g/mol. The minimum Gasteiger partial charge on any atom is -0.481 e. The predicted molar refractivity (Wildman–Crippen MR) is 101 cm³/mol. The molecule has 0 aliphatic carbocycles. The zero-order valence-corrected chi connectivity index (χ0v) is 16.1. The maximum atomic E-state index is 12.4. The molecule has 26 heavy (non-hydrogen) atoms. The average Bonchev–Trinajstić information content (AvgIpc) is 2.62. The largest absolute Gasteiger partial charge is 0.481 e. The highest BCUT2D eigenvalue weighted by Gasteiger charge is 2.42. The Morgan fingerprint density at radius 2 is 2.12 bits per heavy atom. The van der Waals surface area contributed by atoms with E-state index in [4.69, 9.17) is 10.5 Å². The van der Waals surface area contributed by atoms with E-state index in [1.54, 1.807) is 7.11 Å². The third-order valence-corrected chi connectivity index (χ3v) is 5.47. The van der Waals surface area contributed by atoms with Gasteiger partial charge in [0.15, 0.2) is 0 Å². The second kappa shape index (κ2) is 7.65. The van der Waals surface area contributed by atoms with Crippen molar-refractivity contribution in [2.45, 2.75) is 25.7 Å². The zero-order chi connectivity index (χ0) is 18.7. The topological polar surface area (TPSA) is 87.8 Å². The molecule has 2 N–H and O–H groups in total. The van der Waals surface area contributed by atoms with E-state index in [9.17, 15) is 4.79 Å². The van der Waals surface area contributed by atoms with Crippen molar-refractivity contribution in [2.75, 3.05) is 64.6 Å². The van der Waals surface area contributed by atoms with Gasteiger partial charge in [0.1, 0.15) is 5.82 Å². The van der Waals surface area contributed by atoms with Crippen LogP contribution in [-0.2, 0) is 4.79 Å². The lowest BCUT2D eigenvalue weighted by Gasteiger charge is -2.48. The molecule has 1 spiro atoms. The lowest BCUT2D eigenvalue weighted by molar-refractivity contribution is -0.138. The van der Waals surface area contributed by atoms with Gasteiger partial charge in [-0.05, 0) is 33.4 Å². The molecule has 1 aromatic heterocycles. The van der Waals surface area contributed by atoms with Crippen molar-refractivity contribution in [1.29, 1.82) is 0 Å². The molecule has 3 heterocycles. The first-order valence-electron chi connectivity index (χ1n) is 9.27. The van der Waals surface area contributed by atoms with E-state index < -0.39 is 0 Å². The van der Waals surface area contributed by atoms with Crippen LogP contribution in [0, 0.1) is 5.41 Å². The number of likely N-dealkylation sites (N-methyl/N-ethyl adjacent to an activating group) is 1. The van der Waals surface area contributed by atoms with Gasteiger partial charge in [0.05, 0.1) is 7.11 Å². The molecular formula is C18H30N6O2. The highest BCUT2D eigenvalue weighted by molar-refractivity contribution is 5.77. The molecule has 0 aromatic carbocycles. The molecule has 2 saturated heterocycles. The summed E-state index contributed by atoms with van der Waals surface area (Å²) in [4.78, 5) is 27.3. The van der Waals surface area contributed by atoms with Crippen LogP contribution in [0.2, 0.25) is 0 Å². The summed E-state index contributed by atoms with van der Waals surface area (Å²) >= 11 is 0. The number of rotatable bonds is 5. The fourth-order valence-corrected chi connectivity index (χ4v) is 4.06. The molecule has 3 rings (SSSR count). The van der Waals surface area contributed by atoms with Crippen LogP contribution in [0.4, 0.5) is 11.8 Å². The molecule has 1 amide bonds. The summed E-state index contributed by atoms with van der Waals surface area (Å²) in [5, 5.41) is 0. The summed E-state index contributed by atoms with van der Waals surface area (Å²) in [6.07, 6.45) is 3.81. The highest BCUT2D eigenvalue weighted by atomic mass is 16.5. The Bertz CT molecular complexity index is 653. The van der Waals surface area contributed by atoms with E-state index in [2.05, 4.69) is 19.8 Å². The Hall–Kier alpha value is -2.09. The SMILES string of the molecule is COc1cc(N2CCCC3(CCC(=O)N(CCN(C)C)C3)C2)nc(N)n1. The van der Waals surface area contributed by atoms with Gasteiger partial charge in [-0.2, -0.15) is 9.97 Å². The van der Waals surface area contributed by atoms with Gasteiger partial charge in [0.2, 0.25) is 17.7 Å². The second-order valence-corrected chi connectivity index (χ2v) is 7.77. The number of hydrogen-bond acceptors (Lipinski definition) is 7. The molecule has 144 valence electrons. The predicted octanol–water partition coefficient (Wildman–Crippen LogP) is 0.838. The summed E-state index contributed by atoms with van der Waals surface area (Å²) in [6, 6.07) is 1.84. The number of hydrogen-bond donors (Lipinski definition) is 1. The molecule has 2 aliphatic heterocycles. The first kappa shape index (κ1) is 18.7.